The van der Waals surface area contributed by atoms with Crippen molar-refractivity contribution in [1.29, 1.82) is 0 Å². The van der Waals surface area contributed by atoms with Gasteiger partial charge in [-0.2, -0.15) is 0 Å². The highest BCUT2D eigenvalue weighted by atomic mass is 127. The van der Waals surface area contributed by atoms with Crippen LogP contribution in [0.4, 0.5) is 0 Å². The highest BCUT2D eigenvalue weighted by Crippen LogP contribution is 2.11. The van der Waals surface area contributed by atoms with E-state index in [1.807, 2.05) is 13.8 Å². The normalized spacial score (nSPS) is 13.0. The molecule has 0 aliphatic rings. The van der Waals surface area contributed by atoms with Crippen LogP contribution in [0, 0.1) is 3.57 Å². The van der Waals surface area contributed by atoms with Crippen LogP contribution in [0.3, 0.4) is 0 Å². The molecule has 0 aromatic heterocycles. The van der Waals surface area contributed by atoms with Crippen LogP contribution in [0.25, 0.3) is 0 Å². The first-order valence-electron chi connectivity index (χ1n) is 5.89. The van der Waals surface area contributed by atoms with Crippen LogP contribution in [0.2, 0.25) is 0 Å². The average Bonchev–Trinajstić information content (AvgIpc) is 2.37. The van der Waals surface area contributed by atoms with E-state index in [1.165, 1.54) is 12.1 Å². The molecule has 1 rings (SSSR count). The van der Waals surface area contributed by atoms with E-state index in [9.17, 15) is 13.2 Å². The van der Waals surface area contributed by atoms with Gasteiger partial charge in [-0.25, -0.2) is 13.1 Å². The van der Waals surface area contributed by atoms with Gasteiger partial charge in [0.25, 0.3) is 0 Å². The molecule has 0 saturated heterocycles. The maximum Gasteiger partial charge on any atom is 0.241 e. The number of benzene rings is 1. The van der Waals surface area contributed by atoms with Gasteiger partial charge >= 0.3 is 0 Å². The van der Waals surface area contributed by atoms with Crippen molar-refractivity contribution in [1.82, 2.24) is 10.0 Å². The molecule has 0 radical (unpaired) electrons. The van der Waals surface area contributed by atoms with Crippen molar-refractivity contribution in [3.63, 3.8) is 0 Å². The molecule has 0 heterocycles. The maximum atomic E-state index is 11.9. The molecule has 7 heteroatoms. The molecule has 0 aliphatic heterocycles. The summed E-state index contributed by atoms with van der Waals surface area (Å²) in [7, 11) is -3.63. The molecule has 1 aromatic rings. The second kappa shape index (κ2) is 7.20. The van der Waals surface area contributed by atoms with Gasteiger partial charge in [0, 0.05) is 9.61 Å². The lowest BCUT2D eigenvalue weighted by molar-refractivity contribution is -0.120. The van der Waals surface area contributed by atoms with Gasteiger partial charge in [-0.3, -0.25) is 4.79 Å². The second-order valence-electron chi connectivity index (χ2n) is 4.16. The summed E-state index contributed by atoms with van der Waals surface area (Å²) in [5, 5.41) is 2.70. The highest BCUT2D eigenvalue weighted by Gasteiger charge is 2.15. The minimum atomic E-state index is -3.63. The van der Waals surface area contributed by atoms with Gasteiger partial charge in [-0.15, -0.1) is 0 Å². The molecule has 0 aliphatic carbocycles. The Morgan fingerprint density at radius 2 is 1.89 bits per heavy atom. The summed E-state index contributed by atoms with van der Waals surface area (Å²) in [6.45, 7) is 3.56. The number of halogens is 1. The zero-order valence-corrected chi connectivity index (χ0v) is 13.8. The maximum absolute atomic E-state index is 11.9. The number of carbonyl (C=O) groups is 1. The van der Waals surface area contributed by atoms with Crippen LogP contribution in [0.1, 0.15) is 20.3 Å². The molecule has 0 fully saturated rings. The van der Waals surface area contributed by atoms with Crippen LogP contribution >= 0.6 is 22.6 Å². The fraction of sp³-hybridized carbons (Fsp3) is 0.417. The molecule has 0 spiro atoms. The summed E-state index contributed by atoms with van der Waals surface area (Å²) < 4.78 is 27.1. The summed E-state index contributed by atoms with van der Waals surface area (Å²) >= 11 is 2.09. The molecule has 1 aromatic carbocycles. The number of carbonyl (C=O) groups excluding carboxylic acids is 1. The van der Waals surface area contributed by atoms with E-state index in [0.717, 1.165) is 9.99 Å². The van der Waals surface area contributed by atoms with E-state index in [1.54, 1.807) is 12.1 Å². The molecule has 106 valence electrons. The van der Waals surface area contributed by atoms with Crippen molar-refractivity contribution in [2.75, 3.05) is 6.54 Å². The van der Waals surface area contributed by atoms with Gasteiger partial charge < -0.3 is 5.32 Å². The highest BCUT2D eigenvalue weighted by molar-refractivity contribution is 14.1. The van der Waals surface area contributed by atoms with E-state index in [4.69, 9.17) is 0 Å². The Morgan fingerprint density at radius 1 is 1.32 bits per heavy atom. The summed E-state index contributed by atoms with van der Waals surface area (Å²) in [5.74, 6) is -0.330. The van der Waals surface area contributed by atoms with Crippen LogP contribution in [-0.4, -0.2) is 26.9 Å². The minimum absolute atomic E-state index is 0.0373. The minimum Gasteiger partial charge on any atom is -0.353 e. The van der Waals surface area contributed by atoms with Crippen molar-refractivity contribution in [2.45, 2.75) is 31.2 Å². The molecule has 1 atom stereocenters. The predicted octanol–water partition coefficient (Wildman–Crippen LogP) is 1.48. The van der Waals surface area contributed by atoms with Crippen molar-refractivity contribution in [3.05, 3.63) is 27.8 Å². The number of sulfonamides is 1. The molecule has 5 nitrogen and oxygen atoms in total. The molecule has 2 N–H and O–H groups in total. The van der Waals surface area contributed by atoms with Crippen molar-refractivity contribution < 1.29 is 13.2 Å². The first-order chi connectivity index (χ1) is 8.85. The summed E-state index contributed by atoms with van der Waals surface area (Å²) in [6.07, 6.45) is 0.801. The smallest absolute Gasteiger partial charge is 0.241 e. The van der Waals surface area contributed by atoms with E-state index in [2.05, 4.69) is 32.6 Å². The summed E-state index contributed by atoms with van der Waals surface area (Å²) in [4.78, 5) is 11.7. The Morgan fingerprint density at radius 3 is 2.42 bits per heavy atom. The molecule has 1 amide bonds. The van der Waals surface area contributed by atoms with Crippen molar-refractivity contribution in [3.8, 4) is 0 Å². The lowest BCUT2D eigenvalue weighted by atomic mass is 10.2. The number of hydrogen-bond donors (Lipinski definition) is 2. The first kappa shape index (κ1) is 16.4. The fourth-order valence-electron chi connectivity index (χ4n) is 1.29. The summed E-state index contributed by atoms with van der Waals surface area (Å²) in [5.41, 5.74) is 0. The topological polar surface area (TPSA) is 75.3 Å². The summed E-state index contributed by atoms with van der Waals surface area (Å²) in [6, 6.07) is 6.46. The monoisotopic (exact) mass is 396 g/mol. The third kappa shape index (κ3) is 5.45. The number of hydrogen-bond acceptors (Lipinski definition) is 3. The van der Waals surface area contributed by atoms with Gasteiger partial charge in [0.2, 0.25) is 15.9 Å². The lowest BCUT2D eigenvalue weighted by Gasteiger charge is -2.12. The third-order valence-electron chi connectivity index (χ3n) is 2.57. The Bertz CT molecular complexity index is 528. The first-order valence-corrected chi connectivity index (χ1v) is 8.46. The molecule has 0 unspecified atom stereocenters. The number of nitrogens with one attached hydrogen (secondary N) is 2. The van der Waals surface area contributed by atoms with Gasteiger partial charge in [0.05, 0.1) is 11.4 Å². The number of rotatable bonds is 6. The molecule has 0 bridgehead atoms. The Labute approximate surface area is 127 Å². The largest absolute Gasteiger partial charge is 0.353 e. The van der Waals surface area contributed by atoms with Gasteiger partial charge in [0.15, 0.2) is 0 Å². The standard InChI is InChI=1S/C12H17IN2O3S/c1-3-9(2)15-12(16)8-14-19(17,18)11-6-4-10(13)5-7-11/h4-7,9,14H,3,8H2,1-2H3,(H,15,16)/t9-/m1/s1. The third-order valence-corrected chi connectivity index (χ3v) is 4.70. The lowest BCUT2D eigenvalue weighted by Crippen LogP contribution is -2.40. The Hall–Kier alpha value is -0.670. The zero-order chi connectivity index (χ0) is 14.5. The van der Waals surface area contributed by atoms with Crippen LogP contribution in [-0.2, 0) is 14.8 Å². The molecule has 0 saturated carbocycles. The quantitative estimate of drug-likeness (QED) is 0.716. The van der Waals surface area contributed by atoms with Crippen molar-refractivity contribution in [2.24, 2.45) is 0 Å². The Balaban J connectivity index is 2.61. The predicted molar refractivity (Wildman–Crippen MR) is 82.2 cm³/mol. The molecular formula is C12H17IN2O3S. The van der Waals surface area contributed by atoms with Gasteiger partial charge in [0.1, 0.15) is 0 Å². The van der Waals surface area contributed by atoms with Crippen LogP contribution in [0.15, 0.2) is 29.2 Å². The SMILES string of the molecule is CC[C@@H](C)NC(=O)CNS(=O)(=O)c1ccc(I)cc1. The van der Waals surface area contributed by atoms with Gasteiger partial charge in [-0.05, 0) is 60.2 Å². The Kier molecular flexibility index (Phi) is 6.21. The zero-order valence-electron chi connectivity index (χ0n) is 10.8. The van der Waals surface area contributed by atoms with Gasteiger partial charge in [-0.1, -0.05) is 6.92 Å². The van der Waals surface area contributed by atoms with Crippen molar-refractivity contribution >= 4 is 38.5 Å². The molecular weight excluding hydrogens is 379 g/mol. The van der Waals surface area contributed by atoms with Crippen LogP contribution < -0.4 is 10.0 Å². The number of amides is 1. The van der Waals surface area contributed by atoms with E-state index < -0.39 is 10.0 Å². The second-order valence-corrected chi connectivity index (χ2v) is 7.17. The van der Waals surface area contributed by atoms with E-state index in [0.29, 0.717) is 0 Å². The fourth-order valence-corrected chi connectivity index (χ4v) is 2.63. The van der Waals surface area contributed by atoms with E-state index in [-0.39, 0.29) is 23.4 Å². The molecule has 19 heavy (non-hydrogen) atoms. The van der Waals surface area contributed by atoms with E-state index >= 15 is 0 Å². The average molecular weight is 396 g/mol. The van der Waals surface area contributed by atoms with Crippen LogP contribution in [0.5, 0.6) is 0 Å².